The lowest BCUT2D eigenvalue weighted by molar-refractivity contribution is 0.0894. The monoisotopic (exact) mass is 361 g/mol. The highest BCUT2D eigenvalue weighted by Gasteiger charge is 2.31. The molecule has 4 rings (SSSR count). The van der Waals surface area contributed by atoms with Crippen molar-refractivity contribution in [2.45, 2.75) is 38.5 Å². The van der Waals surface area contributed by atoms with Gasteiger partial charge in [-0.3, -0.25) is 0 Å². The van der Waals surface area contributed by atoms with Crippen LogP contribution in [0.25, 0.3) is 11.0 Å². The molecule has 25 heavy (non-hydrogen) atoms. The number of fused-ring (bicyclic) bond motifs is 2. The molecule has 1 saturated heterocycles. The average molecular weight is 362 g/mol. The van der Waals surface area contributed by atoms with Crippen LogP contribution >= 0.6 is 0 Å². The van der Waals surface area contributed by atoms with Gasteiger partial charge in [0.25, 0.3) is 0 Å². The van der Waals surface area contributed by atoms with Gasteiger partial charge in [0.2, 0.25) is 0 Å². The van der Waals surface area contributed by atoms with Crippen LogP contribution in [-0.2, 0) is 11.5 Å². The zero-order chi connectivity index (χ0) is 17.4. The van der Waals surface area contributed by atoms with E-state index >= 15 is 0 Å². The van der Waals surface area contributed by atoms with Gasteiger partial charge in [-0.25, -0.2) is 9.97 Å². The molecule has 0 bridgehead atoms. The normalized spacial score (nSPS) is 20.3. The van der Waals surface area contributed by atoms with Crippen molar-refractivity contribution < 1.29 is 9.47 Å². The Kier molecular flexibility index (Phi) is 4.43. The van der Waals surface area contributed by atoms with Crippen LogP contribution in [0, 0.1) is 0 Å². The SMILES string of the molecule is C[Si](C)(C)CCOCn1cc2c3c(ncnc31)N1CCNC[C@H]1CO2. The molecule has 1 fully saturated rings. The Balaban J connectivity index is 1.59. The number of ether oxygens (including phenoxy) is 2. The molecular formula is C17H27N5O2Si. The first-order valence-corrected chi connectivity index (χ1v) is 12.8. The molecule has 1 atom stereocenters. The first kappa shape index (κ1) is 16.8. The lowest BCUT2D eigenvalue weighted by Crippen LogP contribution is -2.53. The minimum absolute atomic E-state index is 0.320. The molecule has 136 valence electrons. The molecular weight excluding hydrogens is 334 g/mol. The highest BCUT2D eigenvalue weighted by molar-refractivity contribution is 6.76. The summed E-state index contributed by atoms with van der Waals surface area (Å²) in [6, 6.07) is 1.49. The number of aromatic nitrogens is 3. The highest BCUT2D eigenvalue weighted by atomic mass is 28.3. The van der Waals surface area contributed by atoms with E-state index in [1.165, 1.54) is 0 Å². The van der Waals surface area contributed by atoms with Gasteiger partial charge >= 0.3 is 0 Å². The Morgan fingerprint density at radius 3 is 3.08 bits per heavy atom. The van der Waals surface area contributed by atoms with Gasteiger partial charge in [0.1, 0.15) is 36.6 Å². The molecule has 0 radical (unpaired) electrons. The predicted octanol–water partition coefficient (Wildman–Crippen LogP) is 1.91. The number of piperazine rings is 1. The van der Waals surface area contributed by atoms with E-state index in [0.717, 1.165) is 54.9 Å². The number of hydrogen-bond donors (Lipinski definition) is 1. The van der Waals surface area contributed by atoms with Crippen LogP contribution in [0.5, 0.6) is 5.75 Å². The first-order chi connectivity index (χ1) is 12.0. The number of rotatable bonds is 5. The van der Waals surface area contributed by atoms with E-state index in [-0.39, 0.29) is 0 Å². The van der Waals surface area contributed by atoms with Gasteiger partial charge in [-0.1, -0.05) is 19.6 Å². The molecule has 4 heterocycles. The van der Waals surface area contributed by atoms with E-state index in [1.54, 1.807) is 6.33 Å². The zero-order valence-electron chi connectivity index (χ0n) is 15.3. The quantitative estimate of drug-likeness (QED) is 0.648. The first-order valence-electron chi connectivity index (χ1n) is 9.05. The van der Waals surface area contributed by atoms with Crippen LogP contribution in [0.4, 0.5) is 5.82 Å². The number of hydrogen-bond acceptors (Lipinski definition) is 6. The molecule has 0 amide bonds. The molecule has 2 aromatic heterocycles. The molecule has 8 heteroatoms. The molecule has 1 N–H and O–H groups in total. The predicted molar refractivity (Wildman–Crippen MR) is 101 cm³/mol. The molecule has 2 aliphatic rings. The van der Waals surface area contributed by atoms with Gasteiger partial charge in [-0.15, -0.1) is 0 Å². The summed E-state index contributed by atoms with van der Waals surface area (Å²) in [5.74, 6) is 1.86. The molecule has 2 aliphatic heterocycles. The third-order valence-electron chi connectivity index (χ3n) is 4.88. The fraction of sp³-hybridized carbons (Fsp3) is 0.647. The van der Waals surface area contributed by atoms with E-state index in [2.05, 4.69) is 39.8 Å². The average Bonchev–Trinajstić information content (AvgIpc) is 2.86. The van der Waals surface area contributed by atoms with Crippen LogP contribution in [0.1, 0.15) is 0 Å². The minimum Gasteiger partial charge on any atom is -0.489 e. The van der Waals surface area contributed by atoms with Crippen molar-refractivity contribution in [1.29, 1.82) is 0 Å². The number of nitrogens with zero attached hydrogens (tertiary/aromatic N) is 4. The van der Waals surface area contributed by atoms with Crippen molar-refractivity contribution in [3.05, 3.63) is 12.5 Å². The molecule has 0 aromatic carbocycles. The summed E-state index contributed by atoms with van der Waals surface area (Å²) in [6.45, 7) is 11.9. The van der Waals surface area contributed by atoms with Crippen molar-refractivity contribution in [1.82, 2.24) is 19.9 Å². The summed E-state index contributed by atoms with van der Waals surface area (Å²) in [5, 5.41) is 4.45. The number of nitrogens with one attached hydrogen (secondary N) is 1. The maximum atomic E-state index is 6.10. The third-order valence-corrected chi connectivity index (χ3v) is 6.58. The largest absolute Gasteiger partial charge is 0.489 e. The molecule has 0 spiro atoms. The second-order valence-corrected chi connectivity index (χ2v) is 13.7. The van der Waals surface area contributed by atoms with E-state index in [1.807, 2.05) is 10.8 Å². The Morgan fingerprint density at radius 1 is 1.36 bits per heavy atom. The van der Waals surface area contributed by atoms with Crippen molar-refractivity contribution in [2.75, 3.05) is 37.7 Å². The summed E-state index contributed by atoms with van der Waals surface area (Å²) >= 11 is 0. The minimum atomic E-state index is -1.07. The molecule has 7 nitrogen and oxygen atoms in total. The Bertz CT molecular complexity index is 757. The van der Waals surface area contributed by atoms with Gasteiger partial charge in [0.15, 0.2) is 5.65 Å². The summed E-state index contributed by atoms with van der Waals surface area (Å²) in [4.78, 5) is 11.4. The van der Waals surface area contributed by atoms with Gasteiger partial charge in [0.05, 0.1) is 12.2 Å². The van der Waals surface area contributed by atoms with E-state index in [0.29, 0.717) is 19.4 Å². The second-order valence-electron chi connectivity index (χ2n) is 8.07. The summed E-state index contributed by atoms with van der Waals surface area (Å²) in [7, 11) is -1.07. The zero-order valence-corrected chi connectivity index (χ0v) is 16.3. The lowest BCUT2D eigenvalue weighted by atomic mass is 10.2. The highest BCUT2D eigenvalue weighted by Crippen LogP contribution is 2.37. The maximum Gasteiger partial charge on any atom is 0.151 e. The topological polar surface area (TPSA) is 64.4 Å². The van der Waals surface area contributed by atoms with E-state index in [4.69, 9.17) is 9.47 Å². The van der Waals surface area contributed by atoms with Gasteiger partial charge in [0, 0.05) is 34.3 Å². The Hall–Kier alpha value is -1.64. The van der Waals surface area contributed by atoms with Crippen LogP contribution in [-0.4, -0.2) is 61.5 Å². The van der Waals surface area contributed by atoms with Crippen molar-refractivity contribution >= 4 is 24.9 Å². The summed E-state index contributed by atoms with van der Waals surface area (Å²) < 4.78 is 14.1. The smallest absolute Gasteiger partial charge is 0.151 e. The summed E-state index contributed by atoms with van der Waals surface area (Å²) in [5.41, 5.74) is 0.896. The van der Waals surface area contributed by atoms with Crippen LogP contribution < -0.4 is 15.0 Å². The second kappa shape index (κ2) is 6.58. The number of anilines is 1. The molecule has 0 aliphatic carbocycles. The Labute approximate surface area is 149 Å². The van der Waals surface area contributed by atoms with Gasteiger partial charge in [-0.05, 0) is 6.04 Å². The standard InChI is InChI=1S/C17H27N5O2Si/c1-25(2,3)7-6-23-12-21-9-14-15-16(21)19-11-20-17(15)22-5-4-18-8-13(22)10-24-14/h9,11,13,18H,4-8,10,12H2,1-3H3/t13-/m0/s1. The van der Waals surface area contributed by atoms with Crippen LogP contribution in [0.15, 0.2) is 12.5 Å². The summed E-state index contributed by atoms with van der Waals surface area (Å²) in [6.07, 6.45) is 3.67. The molecule has 0 unspecified atom stereocenters. The van der Waals surface area contributed by atoms with Crippen LogP contribution in [0.2, 0.25) is 25.7 Å². The van der Waals surface area contributed by atoms with Crippen molar-refractivity contribution in [3.63, 3.8) is 0 Å². The van der Waals surface area contributed by atoms with Crippen molar-refractivity contribution in [3.8, 4) is 5.75 Å². The molecule has 2 aromatic rings. The van der Waals surface area contributed by atoms with E-state index < -0.39 is 8.07 Å². The van der Waals surface area contributed by atoms with E-state index in [9.17, 15) is 0 Å². The van der Waals surface area contributed by atoms with Gasteiger partial charge < -0.3 is 24.3 Å². The van der Waals surface area contributed by atoms with Crippen molar-refractivity contribution in [2.24, 2.45) is 0 Å². The third kappa shape index (κ3) is 3.38. The Morgan fingerprint density at radius 2 is 2.24 bits per heavy atom. The fourth-order valence-electron chi connectivity index (χ4n) is 3.41. The van der Waals surface area contributed by atoms with Crippen LogP contribution in [0.3, 0.4) is 0 Å². The fourth-order valence-corrected chi connectivity index (χ4v) is 4.17. The maximum absolute atomic E-state index is 6.10. The van der Waals surface area contributed by atoms with Gasteiger partial charge in [-0.2, -0.15) is 0 Å². The molecule has 0 saturated carbocycles. The lowest BCUT2D eigenvalue weighted by Gasteiger charge is -2.35.